The minimum atomic E-state index is -0.165. The second kappa shape index (κ2) is 7.76. The minimum absolute atomic E-state index is 0.165. The van der Waals surface area contributed by atoms with Gasteiger partial charge in [0.15, 0.2) is 11.5 Å². The average Bonchev–Trinajstić information content (AvgIpc) is 3.35. The fourth-order valence-electron chi connectivity index (χ4n) is 3.68. The zero-order chi connectivity index (χ0) is 19.5. The summed E-state index contributed by atoms with van der Waals surface area (Å²) in [5.41, 5.74) is 5.03. The SMILES string of the molecule is COc1ccc(C(=O)NCc2nn(-c3ccccc3)c3c2CCC3)cc1OC. The summed E-state index contributed by atoms with van der Waals surface area (Å²) in [5, 5.41) is 7.77. The highest BCUT2D eigenvalue weighted by molar-refractivity contribution is 5.94. The number of nitrogens with zero attached hydrogens (tertiary/aromatic N) is 2. The molecule has 1 aliphatic rings. The highest BCUT2D eigenvalue weighted by atomic mass is 16.5. The third-order valence-electron chi connectivity index (χ3n) is 5.08. The number of fused-ring (bicyclic) bond motifs is 1. The van der Waals surface area contributed by atoms with E-state index in [1.165, 1.54) is 11.3 Å². The predicted octanol–water partition coefficient (Wildman–Crippen LogP) is 3.31. The molecule has 28 heavy (non-hydrogen) atoms. The molecule has 0 spiro atoms. The van der Waals surface area contributed by atoms with Crippen molar-refractivity contribution in [2.24, 2.45) is 0 Å². The van der Waals surface area contributed by atoms with Gasteiger partial charge in [0.05, 0.1) is 32.1 Å². The highest BCUT2D eigenvalue weighted by Crippen LogP contribution is 2.29. The van der Waals surface area contributed by atoms with Crippen molar-refractivity contribution in [2.75, 3.05) is 14.2 Å². The van der Waals surface area contributed by atoms with Crippen LogP contribution < -0.4 is 14.8 Å². The van der Waals surface area contributed by atoms with Gasteiger partial charge in [-0.05, 0) is 55.2 Å². The first-order valence-corrected chi connectivity index (χ1v) is 9.36. The Hall–Kier alpha value is -3.28. The number of hydrogen-bond acceptors (Lipinski definition) is 4. The van der Waals surface area contributed by atoms with E-state index in [9.17, 15) is 4.79 Å². The molecule has 0 saturated carbocycles. The van der Waals surface area contributed by atoms with Crippen molar-refractivity contribution in [3.05, 3.63) is 71.0 Å². The van der Waals surface area contributed by atoms with Gasteiger partial charge in [-0.3, -0.25) is 4.79 Å². The Morgan fingerprint density at radius 2 is 1.86 bits per heavy atom. The van der Waals surface area contributed by atoms with Gasteiger partial charge in [-0.2, -0.15) is 5.10 Å². The number of para-hydroxylation sites is 1. The molecule has 0 saturated heterocycles. The topological polar surface area (TPSA) is 65.4 Å². The van der Waals surface area contributed by atoms with Gasteiger partial charge < -0.3 is 14.8 Å². The number of methoxy groups -OCH3 is 2. The number of rotatable bonds is 6. The molecular weight excluding hydrogens is 354 g/mol. The summed E-state index contributed by atoms with van der Waals surface area (Å²) >= 11 is 0. The Bertz CT molecular complexity index is 996. The van der Waals surface area contributed by atoms with Crippen LogP contribution in [0, 0.1) is 0 Å². The Balaban J connectivity index is 1.54. The molecule has 0 bridgehead atoms. The Labute approximate surface area is 164 Å². The second-order valence-corrected chi connectivity index (χ2v) is 6.73. The van der Waals surface area contributed by atoms with E-state index in [4.69, 9.17) is 14.6 Å². The van der Waals surface area contributed by atoms with Crippen molar-refractivity contribution in [2.45, 2.75) is 25.8 Å². The molecule has 1 aliphatic carbocycles. The predicted molar refractivity (Wildman–Crippen MR) is 106 cm³/mol. The number of hydrogen-bond donors (Lipinski definition) is 1. The Morgan fingerprint density at radius 3 is 2.61 bits per heavy atom. The van der Waals surface area contributed by atoms with Crippen LogP contribution in [0.3, 0.4) is 0 Å². The summed E-state index contributed by atoms with van der Waals surface area (Å²) in [7, 11) is 3.13. The van der Waals surface area contributed by atoms with Crippen LogP contribution >= 0.6 is 0 Å². The van der Waals surface area contributed by atoms with E-state index in [0.717, 1.165) is 30.6 Å². The maximum atomic E-state index is 12.6. The standard InChI is InChI=1S/C22H23N3O3/c1-27-20-12-11-15(13-21(20)28-2)22(26)23-14-18-17-9-6-10-19(17)25(24-18)16-7-4-3-5-8-16/h3-5,7-8,11-13H,6,9-10,14H2,1-2H3,(H,23,26). The van der Waals surface area contributed by atoms with Crippen molar-refractivity contribution >= 4 is 5.91 Å². The molecule has 3 aromatic rings. The minimum Gasteiger partial charge on any atom is -0.493 e. The van der Waals surface area contributed by atoms with Gasteiger partial charge in [-0.15, -0.1) is 0 Å². The first-order valence-electron chi connectivity index (χ1n) is 9.36. The smallest absolute Gasteiger partial charge is 0.251 e. The number of amides is 1. The van der Waals surface area contributed by atoms with Gasteiger partial charge in [-0.25, -0.2) is 4.68 Å². The Kier molecular flexibility index (Phi) is 5.02. The van der Waals surface area contributed by atoms with Crippen LogP contribution in [0.4, 0.5) is 0 Å². The normalized spacial score (nSPS) is 12.5. The van der Waals surface area contributed by atoms with Crippen LogP contribution in [0.15, 0.2) is 48.5 Å². The van der Waals surface area contributed by atoms with E-state index in [2.05, 4.69) is 17.4 Å². The summed E-state index contributed by atoms with van der Waals surface area (Å²) in [6.45, 7) is 0.398. The van der Waals surface area contributed by atoms with E-state index in [0.29, 0.717) is 23.6 Å². The first kappa shape index (κ1) is 18.1. The number of benzene rings is 2. The number of nitrogens with one attached hydrogen (secondary N) is 1. The van der Waals surface area contributed by atoms with Crippen molar-refractivity contribution < 1.29 is 14.3 Å². The van der Waals surface area contributed by atoms with E-state index in [1.807, 2.05) is 22.9 Å². The zero-order valence-electron chi connectivity index (χ0n) is 16.1. The molecule has 0 radical (unpaired) electrons. The summed E-state index contributed by atoms with van der Waals surface area (Å²) in [5.74, 6) is 0.963. The second-order valence-electron chi connectivity index (χ2n) is 6.73. The molecule has 4 rings (SSSR count). The number of carbonyl (C=O) groups is 1. The molecule has 0 aliphatic heterocycles. The molecule has 0 atom stereocenters. The molecule has 144 valence electrons. The first-order chi connectivity index (χ1) is 13.7. The van der Waals surface area contributed by atoms with Crippen molar-refractivity contribution in [3.63, 3.8) is 0 Å². The third kappa shape index (κ3) is 3.33. The van der Waals surface area contributed by atoms with Crippen LogP contribution in [0.25, 0.3) is 5.69 Å². The van der Waals surface area contributed by atoms with Gasteiger partial charge in [0, 0.05) is 11.3 Å². The van der Waals surface area contributed by atoms with Gasteiger partial charge in [0.1, 0.15) is 0 Å². The molecule has 6 nitrogen and oxygen atoms in total. The van der Waals surface area contributed by atoms with Crippen LogP contribution in [0.1, 0.15) is 33.7 Å². The van der Waals surface area contributed by atoms with Crippen molar-refractivity contribution in [1.82, 2.24) is 15.1 Å². The van der Waals surface area contributed by atoms with Gasteiger partial charge in [0.2, 0.25) is 0 Å². The number of ether oxygens (including phenoxy) is 2. The summed E-state index contributed by atoms with van der Waals surface area (Å²) in [6, 6.07) is 15.3. The summed E-state index contributed by atoms with van der Waals surface area (Å²) in [4.78, 5) is 12.6. The average molecular weight is 377 g/mol. The van der Waals surface area contributed by atoms with Crippen molar-refractivity contribution in [1.29, 1.82) is 0 Å². The largest absolute Gasteiger partial charge is 0.493 e. The number of carbonyl (C=O) groups excluding carboxylic acids is 1. The molecule has 1 heterocycles. The lowest BCUT2D eigenvalue weighted by molar-refractivity contribution is 0.0950. The summed E-state index contributed by atoms with van der Waals surface area (Å²) < 4.78 is 12.5. The fraction of sp³-hybridized carbons (Fsp3) is 0.273. The molecule has 6 heteroatoms. The lowest BCUT2D eigenvalue weighted by Gasteiger charge is -2.10. The fourth-order valence-corrected chi connectivity index (χ4v) is 3.68. The molecule has 1 N–H and O–H groups in total. The molecule has 0 fully saturated rings. The molecule has 2 aromatic carbocycles. The third-order valence-corrected chi connectivity index (χ3v) is 5.08. The highest BCUT2D eigenvalue weighted by Gasteiger charge is 2.23. The maximum absolute atomic E-state index is 12.6. The molecule has 1 amide bonds. The van der Waals surface area contributed by atoms with E-state index >= 15 is 0 Å². The zero-order valence-corrected chi connectivity index (χ0v) is 16.1. The van der Waals surface area contributed by atoms with Crippen LogP contribution in [-0.4, -0.2) is 29.9 Å². The number of aromatic nitrogens is 2. The van der Waals surface area contributed by atoms with Crippen LogP contribution in [0.5, 0.6) is 11.5 Å². The lowest BCUT2D eigenvalue weighted by Crippen LogP contribution is -2.23. The van der Waals surface area contributed by atoms with E-state index in [-0.39, 0.29) is 5.91 Å². The van der Waals surface area contributed by atoms with Gasteiger partial charge in [0.25, 0.3) is 5.91 Å². The van der Waals surface area contributed by atoms with Crippen LogP contribution in [-0.2, 0) is 19.4 Å². The molecule has 1 aromatic heterocycles. The van der Waals surface area contributed by atoms with E-state index < -0.39 is 0 Å². The maximum Gasteiger partial charge on any atom is 0.251 e. The van der Waals surface area contributed by atoms with Gasteiger partial charge in [-0.1, -0.05) is 18.2 Å². The van der Waals surface area contributed by atoms with Crippen molar-refractivity contribution in [3.8, 4) is 17.2 Å². The monoisotopic (exact) mass is 377 g/mol. The lowest BCUT2D eigenvalue weighted by atomic mass is 10.1. The van der Waals surface area contributed by atoms with Gasteiger partial charge >= 0.3 is 0 Å². The summed E-state index contributed by atoms with van der Waals surface area (Å²) in [6.07, 6.45) is 3.14. The molecular formula is C22H23N3O3. The van der Waals surface area contributed by atoms with E-state index in [1.54, 1.807) is 32.4 Å². The molecule has 0 unspecified atom stereocenters. The van der Waals surface area contributed by atoms with Crippen LogP contribution in [0.2, 0.25) is 0 Å². The quantitative estimate of drug-likeness (QED) is 0.716. The Morgan fingerprint density at radius 1 is 1.07 bits per heavy atom.